The lowest BCUT2D eigenvalue weighted by Crippen LogP contribution is -2.69. The van der Waals surface area contributed by atoms with Crippen LogP contribution in [0.2, 0.25) is 90.7 Å². The van der Waals surface area contributed by atoms with Crippen LogP contribution in [0.5, 0.6) is 0 Å². The molecular formula is C70H132O13Si5. The molecule has 5 fully saturated rings. The number of Topliss-reactive ketones (excluding diaryl/α,β-unsaturated/α-hetero) is 1. The molecule has 0 aromatic rings. The zero-order valence-electron chi connectivity index (χ0n) is 61.0. The Morgan fingerprint density at radius 3 is 1.61 bits per heavy atom. The molecule has 8 aliphatic rings. The van der Waals surface area contributed by atoms with Crippen molar-refractivity contribution in [1.29, 1.82) is 0 Å². The maximum Gasteiger partial charge on any atom is 0.193 e. The van der Waals surface area contributed by atoms with Crippen LogP contribution in [0.3, 0.4) is 0 Å². The zero-order valence-corrected chi connectivity index (χ0v) is 66.0. The van der Waals surface area contributed by atoms with Crippen LogP contribution in [-0.4, -0.2) is 164 Å². The molecule has 0 amide bonds. The Morgan fingerprint density at radius 1 is 0.545 bits per heavy atom. The van der Waals surface area contributed by atoms with Crippen LogP contribution in [0.15, 0.2) is 36.5 Å². The smallest absolute Gasteiger partial charge is 0.193 e. The summed E-state index contributed by atoms with van der Waals surface area (Å²) in [6, 6.07) is 0. The van der Waals surface area contributed by atoms with Crippen molar-refractivity contribution in [2.75, 3.05) is 13.7 Å². The molecule has 1 N–H and O–H groups in total. The summed E-state index contributed by atoms with van der Waals surface area (Å²) in [6.45, 7) is 69.2. The van der Waals surface area contributed by atoms with Crippen molar-refractivity contribution in [3.63, 3.8) is 0 Å². The fourth-order valence-corrected chi connectivity index (χ4v) is 18.8. The highest BCUT2D eigenvalue weighted by molar-refractivity contribution is 6.76. The van der Waals surface area contributed by atoms with E-state index >= 15 is 4.79 Å². The fraction of sp³-hybridized carbons (Fsp3) is 0.900. The van der Waals surface area contributed by atoms with Crippen molar-refractivity contribution in [1.82, 2.24) is 0 Å². The standard InChI is InChI=1S/C70H132O13Si5/c1-45-38-51-33-36-55-46(2)39-50(75-55)32-30-48(71)31-35-57(81-86(24,25)68(10,11)12)63-65(83-88(28,29)70(16,17)18)64(82-87(26,27)69(13,14)15)62-56(79-63)37-34-52(77-62)40-49(72)41-54-59(43-58(76-51)47(45)3)78-60(61(54)73-19)42-53(80-85(22,23)67(7,8)9)44-74-84(20,21)66(4,5)6/h31,35,45,48,50-65,71H,2-3,30,32-34,36-44H2,1,4-29H3/t45-,48?,50+,51+,52-,53+,54-,55+,56+,57+,58-,59+,60-,61-,62-,63+,64+,65-/m1/s1. The predicted molar refractivity (Wildman–Crippen MR) is 372 cm³/mol. The average molecular weight is 1320 g/mol. The summed E-state index contributed by atoms with van der Waals surface area (Å²) in [6.07, 6.45) is 5.27. The van der Waals surface area contributed by atoms with Gasteiger partial charge in [-0.2, -0.15) is 0 Å². The van der Waals surface area contributed by atoms with Gasteiger partial charge in [-0.05, 0) is 159 Å². The van der Waals surface area contributed by atoms with Crippen LogP contribution in [0.1, 0.15) is 188 Å². The van der Waals surface area contributed by atoms with E-state index in [2.05, 4.69) is 195 Å². The van der Waals surface area contributed by atoms with E-state index in [1.54, 1.807) is 7.11 Å². The SMILES string of the molecule is C=C1C[C@@H]2CCC(O)C=C[C@H](O[Si](C)(C)C(C)(C)C)[C@@H]3O[C@H]4CC[C@H](CC(=O)C[C@H]5[C@@H](OC)[C@@H](C[C@@H](CO[Si](C)(C)C(C)(C)C)O[Si](C)(C)C(C)(C)C)O[C@H]5C[C@H]5O[C@@H](CC[C@@H]1O2)C[C@@H](C)C5=C)O[C@H]4[C@H](O[Si](C)(C)C(C)(C)C)[C@@H]3O[Si](C)(C)C(C)(C)C. The van der Waals surface area contributed by atoms with Gasteiger partial charge in [0.05, 0.1) is 79.9 Å². The van der Waals surface area contributed by atoms with E-state index in [4.69, 9.17) is 50.6 Å². The first-order chi connectivity index (χ1) is 40.0. The van der Waals surface area contributed by atoms with Crippen molar-refractivity contribution in [3.05, 3.63) is 36.5 Å². The largest absolute Gasteiger partial charge is 0.414 e. The molecule has 8 aliphatic heterocycles. The molecule has 0 aromatic carbocycles. The Kier molecular flexibility index (Phi) is 24.9. The number of methoxy groups -OCH3 is 1. The topological polar surface area (TPSA) is 139 Å². The van der Waals surface area contributed by atoms with Crippen molar-refractivity contribution in [2.24, 2.45) is 11.8 Å². The van der Waals surface area contributed by atoms with Gasteiger partial charge >= 0.3 is 0 Å². The first-order valence-electron chi connectivity index (χ1n) is 34.4. The van der Waals surface area contributed by atoms with Gasteiger partial charge in [-0.15, -0.1) is 0 Å². The molecule has 1 unspecified atom stereocenters. The predicted octanol–water partition coefficient (Wildman–Crippen LogP) is 17.0. The molecule has 5 saturated heterocycles. The van der Waals surface area contributed by atoms with Crippen LogP contribution in [0.4, 0.5) is 0 Å². The van der Waals surface area contributed by atoms with Crippen LogP contribution in [-0.2, 0) is 55.3 Å². The van der Waals surface area contributed by atoms with Crippen molar-refractivity contribution >= 4 is 47.4 Å². The molecule has 510 valence electrons. The Labute approximate surface area is 543 Å². The Bertz CT molecular complexity index is 2360. The summed E-state index contributed by atoms with van der Waals surface area (Å²) in [5.41, 5.74) is 2.17. The second kappa shape index (κ2) is 28.7. The highest BCUT2D eigenvalue weighted by Gasteiger charge is 2.59. The summed E-state index contributed by atoms with van der Waals surface area (Å²) in [5, 5.41) is 11.5. The van der Waals surface area contributed by atoms with E-state index in [0.717, 1.165) is 36.8 Å². The summed E-state index contributed by atoms with van der Waals surface area (Å²) in [5.74, 6) is 0.0699. The number of fused-ring (bicyclic) bond motifs is 2. The molecule has 8 rings (SSSR count). The highest BCUT2D eigenvalue weighted by atomic mass is 28.4. The lowest BCUT2D eigenvalue weighted by molar-refractivity contribution is -0.266. The first-order valence-corrected chi connectivity index (χ1v) is 48.9. The van der Waals surface area contributed by atoms with E-state index in [1.165, 1.54) is 0 Å². The van der Waals surface area contributed by atoms with Gasteiger partial charge in [0.2, 0.25) is 0 Å². The molecule has 8 bridgehead atoms. The zero-order chi connectivity index (χ0) is 66.5. The number of aliphatic hydroxyl groups is 1. The number of carbonyl (C=O) groups is 1. The van der Waals surface area contributed by atoms with Gasteiger partial charge in [0.1, 0.15) is 30.2 Å². The van der Waals surface area contributed by atoms with Gasteiger partial charge in [-0.3, -0.25) is 4.79 Å². The van der Waals surface area contributed by atoms with Crippen molar-refractivity contribution in [2.45, 2.75) is 376 Å². The second-order valence-electron chi connectivity index (χ2n) is 35.7. The number of ether oxygens (including phenoxy) is 6. The van der Waals surface area contributed by atoms with Gasteiger partial charge in [0, 0.05) is 38.7 Å². The van der Waals surface area contributed by atoms with Gasteiger partial charge in [-0.25, -0.2) is 0 Å². The maximum atomic E-state index is 15.4. The molecule has 0 aliphatic carbocycles. The van der Waals surface area contributed by atoms with Gasteiger partial charge in [0.15, 0.2) is 41.6 Å². The Morgan fingerprint density at radius 2 is 1.06 bits per heavy atom. The molecule has 13 nitrogen and oxygen atoms in total. The van der Waals surface area contributed by atoms with Gasteiger partial charge in [-0.1, -0.05) is 136 Å². The van der Waals surface area contributed by atoms with Crippen LogP contribution >= 0.6 is 0 Å². The number of hydrogen-bond acceptors (Lipinski definition) is 13. The van der Waals surface area contributed by atoms with Gasteiger partial charge < -0.3 is 55.7 Å². The van der Waals surface area contributed by atoms with Gasteiger partial charge in [0.25, 0.3) is 0 Å². The molecule has 0 spiro atoms. The van der Waals surface area contributed by atoms with E-state index in [-0.39, 0.29) is 111 Å². The monoisotopic (exact) mass is 1320 g/mol. The number of aliphatic hydroxyl groups excluding tert-OH is 1. The van der Waals surface area contributed by atoms with E-state index in [0.29, 0.717) is 45.1 Å². The lowest BCUT2D eigenvalue weighted by atomic mass is 9.81. The number of carbonyl (C=O) groups excluding carboxylic acids is 1. The molecule has 18 atom stereocenters. The third kappa shape index (κ3) is 18.7. The normalized spacial score (nSPS) is 35.0. The summed E-state index contributed by atoms with van der Waals surface area (Å²) < 4.78 is 80.5. The number of hydrogen-bond donors (Lipinski definition) is 1. The third-order valence-corrected chi connectivity index (χ3v) is 46.1. The van der Waals surface area contributed by atoms with E-state index < -0.39 is 84.3 Å². The lowest BCUT2D eigenvalue weighted by Gasteiger charge is -2.56. The summed E-state index contributed by atoms with van der Waals surface area (Å²) >= 11 is 0. The average Bonchev–Trinajstić information content (AvgIpc) is 0.954. The van der Waals surface area contributed by atoms with Crippen LogP contribution in [0.25, 0.3) is 0 Å². The van der Waals surface area contributed by atoms with E-state index in [9.17, 15) is 5.11 Å². The molecule has 18 heteroatoms. The Hall–Kier alpha value is -0.506. The molecule has 8 heterocycles. The molecular weight excluding hydrogens is 1190 g/mol. The Balaban J connectivity index is 1.45. The van der Waals surface area contributed by atoms with Crippen LogP contribution < -0.4 is 0 Å². The first kappa shape index (κ1) is 76.5. The minimum atomic E-state index is -2.58. The quantitative estimate of drug-likeness (QED) is 0.131. The van der Waals surface area contributed by atoms with Crippen molar-refractivity contribution < 1.29 is 60.5 Å². The maximum absolute atomic E-state index is 15.4. The second-order valence-corrected chi connectivity index (χ2v) is 59.5. The molecule has 0 aromatic heterocycles. The van der Waals surface area contributed by atoms with Crippen LogP contribution in [0, 0.1) is 11.8 Å². The summed E-state index contributed by atoms with van der Waals surface area (Å²) in [7, 11) is -10.3. The van der Waals surface area contributed by atoms with Crippen molar-refractivity contribution in [3.8, 4) is 0 Å². The number of rotatable bonds is 14. The number of ketones is 1. The third-order valence-electron chi connectivity index (χ3n) is 23.7. The molecule has 0 saturated carbocycles. The highest BCUT2D eigenvalue weighted by Crippen LogP contribution is 2.50. The fourth-order valence-electron chi connectivity index (χ4n) is 12.5. The summed E-state index contributed by atoms with van der Waals surface area (Å²) in [4.78, 5) is 15.4. The molecule has 88 heavy (non-hydrogen) atoms. The minimum absolute atomic E-state index is 0.0128. The molecule has 0 radical (unpaired) electrons. The minimum Gasteiger partial charge on any atom is -0.414 e. The van der Waals surface area contributed by atoms with E-state index in [1.807, 2.05) is 6.08 Å².